The van der Waals surface area contributed by atoms with E-state index in [1.165, 1.54) is 17.5 Å². The molecule has 1 fully saturated rings. The standard InChI is InChI=1S/C18H17ClO/c19-13-6-3-5-12(10-13)18(20)17-15-9-8-11-4-1-2-7-14(11)16(15)17/h1-7,10,15-18,20H,8-9H2. The van der Waals surface area contributed by atoms with Crippen molar-refractivity contribution in [3.8, 4) is 0 Å². The number of halogens is 1. The van der Waals surface area contributed by atoms with Crippen LogP contribution in [0.5, 0.6) is 0 Å². The van der Waals surface area contributed by atoms with Gasteiger partial charge in [0.15, 0.2) is 0 Å². The molecule has 20 heavy (non-hydrogen) atoms. The van der Waals surface area contributed by atoms with E-state index in [1.807, 2.05) is 24.3 Å². The molecular formula is C18H17ClO. The molecule has 0 bridgehead atoms. The van der Waals surface area contributed by atoms with Gasteiger partial charge in [-0.1, -0.05) is 48.0 Å². The molecule has 0 heterocycles. The molecule has 0 aliphatic heterocycles. The van der Waals surface area contributed by atoms with Gasteiger partial charge >= 0.3 is 0 Å². The van der Waals surface area contributed by atoms with Gasteiger partial charge in [-0.05, 0) is 59.4 Å². The largest absolute Gasteiger partial charge is 0.388 e. The summed E-state index contributed by atoms with van der Waals surface area (Å²) < 4.78 is 0. The van der Waals surface area contributed by atoms with Crippen LogP contribution in [-0.4, -0.2) is 5.11 Å². The van der Waals surface area contributed by atoms with E-state index in [4.69, 9.17) is 11.6 Å². The average Bonchev–Trinajstić information content (AvgIpc) is 3.21. The minimum atomic E-state index is -0.394. The summed E-state index contributed by atoms with van der Waals surface area (Å²) in [4.78, 5) is 0. The molecule has 4 unspecified atom stereocenters. The maximum atomic E-state index is 10.7. The van der Waals surface area contributed by atoms with Crippen molar-refractivity contribution in [1.82, 2.24) is 0 Å². The molecule has 0 radical (unpaired) electrons. The highest BCUT2D eigenvalue weighted by Gasteiger charge is 2.56. The first-order chi connectivity index (χ1) is 9.75. The Balaban J connectivity index is 1.64. The normalized spacial score (nSPS) is 28.4. The van der Waals surface area contributed by atoms with Crippen LogP contribution >= 0.6 is 11.6 Å². The molecule has 2 aliphatic carbocycles. The quantitative estimate of drug-likeness (QED) is 0.869. The fourth-order valence-electron chi connectivity index (χ4n) is 3.96. The Labute approximate surface area is 124 Å². The van der Waals surface area contributed by atoms with E-state index < -0.39 is 6.10 Å². The number of hydrogen-bond donors (Lipinski definition) is 1. The fraction of sp³-hybridized carbons (Fsp3) is 0.333. The van der Waals surface area contributed by atoms with Gasteiger partial charge in [0.25, 0.3) is 0 Å². The van der Waals surface area contributed by atoms with E-state index in [0.29, 0.717) is 22.8 Å². The highest BCUT2D eigenvalue weighted by molar-refractivity contribution is 6.30. The number of hydrogen-bond acceptors (Lipinski definition) is 1. The number of aliphatic hydroxyl groups is 1. The lowest BCUT2D eigenvalue weighted by Gasteiger charge is -2.13. The topological polar surface area (TPSA) is 20.2 Å². The molecular weight excluding hydrogens is 268 g/mol. The summed E-state index contributed by atoms with van der Waals surface area (Å²) in [6.45, 7) is 0. The Morgan fingerprint density at radius 1 is 1.10 bits per heavy atom. The Hall–Kier alpha value is -1.31. The van der Waals surface area contributed by atoms with Gasteiger partial charge in [-0.3, -0.25) is 0 Å². The summed E-state index contributed by atoms with van der Waals surface area (Å²) in [5, 5.41) is 11.4. The zero-order valence-corrected chi connectivity index (χ0v) is 11.9. The SMILES string of the molecule is OC(c1cccc(Cl)c1)C1C2CCc3ccccc3C21. The van der Waals surface area contributed by atoms with Gasteiger partial charge in [0.05, 0.1) is 6.10 Å². The van der Waals surface area contributed by atoms with Gasteiger partial charge in [-0.15, -0.1) is 0 Å². The van der Waals surface area contributed by atoms with Crippen LogP contribution < -0.4 is 0 Å². The third kappa shape index (κ3) is 1.88. The summed E-state index contributed by atoms with van der Waals surface area (Å²) >= 11 is 6.04. The Morgan fingerprint density at radius 3 is 2.80 bits per heavy atom. The van der Waals surface area contributed by atoms with E-state index in [9.17, 15) is 5.11 Å². The second kappa shape index (κ2) is 4.61. The predicted molar refractivity (Wildman–Crippen MR) is 80.9 cm³/mol. The smallest absolute Gasteiger partial charge is 0.0827 e. The summed E-state index contributed by atoms with van der Waals surface area (Å²) in [5.41, 5.74) is 3.87. The van der Waals surface area contributed by atoms with Crippen molar-refractivity contribution >= 4 is 11.6 Å². The fourth-order valence-corrected chi connectivity index (χ4v) is 4.16. The number of benzene rings is 2. The van der Waals surface area contributed by atoms with Crippen LogP contribution in [0, 0.1) is 11.8 Å². The number of rotatable bonds is 2. The first-order valence-corrected chi connectivity index (χ1v) is 7.65. The molecule has 2 aromatic rings. The second-order valence-electron chi connectivity index (χ2n) is 6.00. The highest BCUT2D eigenvalue weighted by Crippen LogP contribution is 2.64. The Bertz CT molecular complexity index is 651. The van der Waals surface area contributed by atoms with Gasteiger partial charge < -0.3 is 5.11 Å². The highest BCUT2D eigenvalue weighted by atomic mass is 35.5. The molecule has 2 aromatic carbocycles. The van der Waals surface area contributed by atoms with Crippen molar-refractivity contribution in [3.05, 3.63) is 70.2 Å². The van der Waals surface area contributed by atoms with E-state index in [0.717, 1.165) is 12.0 Å². The maximum absolute atomic E-state index is 10.7. The lowest BCUT2D eigenvalue weighted by Crippen LogP contribution is -2.02. The summed E-state index contributed by atoms with van der Waals surface area (Å²) in [5.74, 6) is 1.53. The number of aryl methyl sites for hydroxylation is 1. The van der Waals surface area contributed by atoms with Crippen LogP contribution in [-0.2, 0) is 6.42 Å². The molecule has 2 aliphatic rings. The molecule has 0 saturated heterocycles. The van der Waals surface area contributed by atoms with Gasteiger partial charge in [0, 0.05) is 5.02 Å². The van der Waals surface area contributed by atoms with E-state index in [-0.39, 0.29) is 0 Å². The van der Waals surface area contributed by atoms with Crippen LogP contribution in [0.3, 0.4) is 0 Å². The van der Waals surface area contributed by atoms with Gasteiger partial charge in [-0.2, -0.15) is 0 Å². The van der Waals surface area contributed by atoms with Gasteiger partial charge in [-0.25, -0.2) is 0 Å². The van der Waals surface area contributed by atoms with E-state index in [1.54, 1.807) is 0 Å². The Kier molecular flexibility index (Phi) is 2.87. The number of fused-ring (bicyclic) bond motifs is 3. The lowest BCUT2D eigenvalue weighted by molar-refractivity contribution is 0.145. The molecule has 0 amide bonds. The molecule has 4 rings (SSSR count). The van der Waals surface area contributed by atoms with E-state index >= 15 is 0 Å². The first-order valence-electron chi connectivity index (χ1n) is 7.27. The minimum Gasteiger partial charge on any atom is -0.388 e. The monoisotopic (exact) mass is 284 g/mol. The zero-order valence-electron chi connectivity index (χ0n) is 11.2. The minimum absolute atomic E-state index is 0.358. The van der Waals surface area contributed by atoms with Crippen LogP contribution in [0.15, 0.2) is 48.5 Å². The molecule has 0 spiro atoms. The van der Waals surface area contributed by atoms with Crippen molar-refractivity contribution in [1.29, 1.82) is 0 Å². The molecule has 0 aromatic heterocycles. The predicted octanol–water partition coefficient (Wildman–Crippen LogP) is 4.35. The molecule has 102 valence electrons. The molecule has 4 atom stereocenters. The number of aliphatic hydroxyl groups excluding tert-OH is 1. The molecule has 1 N–H and O–H groups in total. The van der Waals surface area contributed by atoms with Crippen LogP contribution in [0.1, 0.15) is 35.1 Å². The van der Waals surface area contributed by atoms with Crippen LogP contribution in [0.2, 0.25) is 5.02 Å². The van der Waals surface area contributed by atoms with Crippen LogP contribution in [0.25, 0.3) is 0 Å². The van der Waals surface area contributed by atoms with Gasteiger partial charge in [0.1, 0.15) is 0 Å². The van der Waals surface area contributed by atoms with Crippen LogP contribution in [0.4, 0.5) is 0 Å². The van der Waals surface area contributed by atoms with Crippen molar-refractivity contribution < 1.29 is 5.11 Å². The van der Waals surface area contributed by atoms with Gasteiger partial charge in [0.2, 0.25) is 0 Å². The maximum Gasteiger partial charge on any atom is 0.0827 e. The van der Waals surface area contributed by atoms with E-state index in [2.05, 4.69) is 24.3 Å². The third-order valence-corrected chi connectivity index (χ3v) is 5.18. The molecule has 1 saturated carbocycles. The third-order valence-electron chi connectivity index (χ3n) is 4.95. The van der Waals surface area contributed by atoms with Crippen molar-refractivity contribution in [3.63, 3.8) is 0 Å². The lowest BCUT2D eigenvalue weighted by atomic mass is 9.92. The summed E-state index contributed by atoms with van der Waals surface area (Å²) in [6.07, 6.45) is 1.95. The zero-order chi connectivity index (χ0) is 13.7. The molecule has 1 nitrogen and oxygen atoms in total. The first kappa shape index (κ1) is 12.4. The van der Waals surface area contributed by atoms with Crippen molar-refractivity contribution in [2.45, 2.75) is 24.9 Å². The van der Waals surface area contributed by atoms with Crippen molar-refractivity contribution in [2.75, 3.05) is 0 Å². The average molecular weight is 285 g/mol. The summed E-state index contributed by atoms with van der Waals surface area (Å²) in [7, 11) is 0. The summed E-state index contributed by atoms with van der Waals surface area (Å²) in [6, 6.07) is 16.3. The second-order valence-corrected chi connectivity index (χ2v) is 6.44. The molecule has 2 heteroatoms. The van der Waals surface area contributed by atoms with Crippen molar-refractivity contribution in [2.24, 2.45) is 11.8 Å². The Morgan fingerprint density at radius 2 is 1.95 bits per heavy atom.